The van der Waals surface area contributed by atoms with E-state index < -0.39 is 124 Å². The van der Waals surface area contributed by atoms with Gasteiger partial charge in [-0.15, -0.1) is 0 Å². The van der Waals surface area contributed by atoms with E-state index in [-0.39, 0.29) is 18.9 Å². The molecular weight excluding hydrogens is 1470 g/mol. The fourth-order valence-electron chi connectivity index (χ4n) is 15.9. The summed E-state index contributed by atoms with van der Waals surface area (Å²) in [4.78, 5) is 13.5. The number of allylic oxidation sites excluding steroid dienone is 13. The molecule has 0 aromatic heterocycles. The van der Waals surface area contributed by atoms with Gasteiger partial charge in [-0.2, -0.15) is 0 Å². The van der Waals surface area contributed by atoms with Gasteiger partial charge >= 0.3 is 0 Å². The summed E-state index contributed by atoms with van der Waals surface area (Å²) < 4.78 is 34.5. The normalized spacial score (nSPS) is 24.9. The van der Waals surface area contributed by atoms with Crippen LogP contribution in [-0.2, 0) is 33.2 Å². The number of carbonyl (C=O) groups is 1. The molecule has 17 atom stereocenters. The van der Waals surface area contributed by atoms with Crippen LogP contribution in [0.2, 0.25) is 0 Å². The van der Waals surface area contributed by atoms with E-state index in [0.717, 1.165) is 70.6 Å². The van der Waals surface area contributed by atoms with Crippen molar-refractivity contribution in [3.63, 3.8) is 0 Å². The Labute approximate surface area is 705 Å². The third kappa shape index (κ3) is 53.1. The Bertz CT molecular complexity index is 2420. The molecule has 19 heteroatoms. The lowest BCUT2D eigenvalue weighted by molar-refractivity contribution is -0.379. The molecule has 676 valence electrons. The van der Waals surface area contributed by atoms with Gasteiger partial charge in [0.2, 0.25) is 5.91 Å². The van der Waals surface area contributed by atoms with Crippen molar-refractivity contribution in [3.05, 3.63) is 85.1 Å². The summed E-state index contributed by atoms with van der Waals surface area (Å²) in [5.74, 6) is -0.283. The molecule has 3 saturated heterocycles. The van der Waals surface area contributed by atoms with Gasteiger partial charge in [-0.3, -0.25) is 4.79 Å². The number of nitrogens with one attached hydrogen (secondary N) is 1. The lowest BCUT2D eigenvalue weighted by atomic mass is 9.96. The van der Waals surface area contributed by atoms with Gasteiger partial charge in [-0.1, -0.05) is 388 Å². The van der Waals surface area contributed by atoms with Crippen molar-refractivity contribution in [1.82, 2.24) is 5.32 Å². The Hall–Kier alpha value is -3.03. The maximum Gasteiger partial charge on any atom is 0.220 e. The number of amides is 1. The van der Waals surface area contributed by atoms with Gasteiger partial charge in [0.25, 0.3) is 0 Å². The third-order valence-electron chi connectivity index (χ3n) is 23.4. The molecule has 0 spiro atoms. The molecule has 3 rings (SSSR count). The first-order valence-electron chi connectivity index (χ1n) is 47.8. The zero-order valence-electron chi connectivity index (χ0n) is 73.2. The van der Waals surface area contributed by atoms with Crippen molar-refractivity contribution in [2.75, 3.05) is 26.4 Å². The minimum atomic E-state index is -1.99. The van der Waals surface area contributed by atoms with Gasteiger partial charge in [0.1, 0.15) is 73.2 Å². The van der Waals surface area contributed by atoms with Crippen molar-refractivity contribution >= 4 is 5.91 Å². The van der Waals surface area contributed by atoms with E-state index >= 15 is 0 Å². The number of carbonyl (C=O) groups excluding carboxylic acids is 1. The van der Waals surface area contributed by atoms with E-state index in [1.54, 1.807) is 6.08 Å². The lowest BCUT2D eigenvalue weighted by Crippen LogP contribution is -2.66. The quantitative estimate of drug-likeness (QED) is 0.0199. The number of unbranched alkanes of at least 4 members (excludes halogenated alkanes) is 50. The van der Waals surface area contributed by atoms with Crippen molar-refractivity contribution in [2.24, 2.45) is 0 Å². The van der Waals surface area contributed by atoms with Crippen LogP contribution in [0.3, 0.4) is 0 Å². The summed E-state index contributed by atoms with van der Waals surface area (Å²) in [5.41, 5.74) is 0. The molecule has 3 aliphatic heterocycles. The van der Waals surface area contributed by atoms with Crippen LogP contribution in [0.25, 0.3) is 0 Å². The standard InChI is InChI=1S/C97H175NO18/c1-3-5-7-9-11-13-15-17-19-21-23-25-27-29-31-33-35-37-38-39-40-41-42-43-45-47-49-51-53-55-57-59-61-63-65-67-69-71-73-75-85(103)98-80(81(102)74-72-70-68-66-64-62-60-58-56-54-52-50-48-46-44-36-34-32-30-28-26-24-22-20-18-16-14-12-10-8-6-4-2)79-111-95-91(109)88(106)93(83(77-100)113-95)116-97-92(110)89(107)94(84(78-101)114-97)115-96-90(108)87(105)86(104)82(76-99)112-96/h5,7,11,13,17,19,23,25,56,58,64,66,72,74,80-84,86-97,99-102,104-110H,3-4,6,8-10,12,14-16,18,20-22,24,26-55,57,59-63,65,67-71,73,75-79H2,1-2H3,(H,98,103)/b7-5-,13-11-,19-17-,25-23-,58-56+,66-64+,74-72+. The van der Waals surface area contributed by atoms with Crippen LogP contribution in [0.1, 0.15) is 393 Å². The summed E-state index contributed by atoms with van der Waals surface area (Å²) >= 11 is 0. The molecule has 12 N–H and O–H groups in total. The monoisotopic (exact) mass is 1640 g/mol. The van der Waals surface area contributed by atoms with E-state index in [1.165, 1.54) is 289 Å². The van der Waals surface area contributed by atoms with Crippen LogP contribution in [0.15, 0.2) is 85.1 Å². The largest absolute Gasteiger partial charge is 0.394 e. The first-order valence-corrected chi connectivity index (χ1v) is 47.8. The Morgan fingerprint density at radius 2 is 0.603 bits per heavy atom. The molecule has 3 aliphatic rings. The molecular formula is C97H175NO18. The average Bonchev–Trinajstić information content (AvgIpc) is 0.779. The van der Waals surface area contributed by atoms with Gasteiger partial charge in [0, 0.05) is 6.42 Å². The predicted octanol–water partition coefficient (Wildman–Crippen LogP) is 19.2. The van der Waals surface area contributed by atoms with Crippen molar-refractivity contribution in [2.45, 2.75) is 497 Å². The van der Waals surface area contributed by atoms with Crippen molar-refractivity contribution < 1.29 is 89.4 Å². The number of hydrogen-bond donors (Lipinski definition) is 12. The second-order valence-corrected chi connectivity index (χ2v) is 33.8. The number of hydrogen-bond acceptors (Lipinski definition) is 18. The second kappa shape index (κ2) is 75.7. The molecule has 0 aliphatic carbocycles. The van der Waals surface area contributed by atoms with Gasteiger partial charge in [-0.05, 0) is 83.5 Å². The molecule has 1 amide bonds. The lowest BCUT2D eigenvalue weighted by Gasteiger charge is -2.48. The molecule has 0 saturated carbocycles. The molecule has 0 bridgehead atoms. The summed E-state index contributed by atoms with van der Waals surface area (Å²) in [7, 11) is 0. The smallest absolute Gasteiger partial charge is 0.220 e. The fourth-order valence-corrected chi connectivity index (χ4v) is 15.9. The summed E-state index contributed by atoms with van der Waals surface area (Å²) in [6.45, 7) is 1.66. The van der Waals surface area contributed by atoms with Gasteiger partial charge in [0.15, 0.2) is 18.9 Å². The highest BCUT2D eigenvalue weighted by Crippen LogP contribution is 2.34. The zero-order chi connectivity index (χ0) is 83.8. The van der Waals surface area contributed by atoms with Crippen LogP contribution in [0.5, 0.6) is 0 Å². The zero-order valence-corrected chi connectivity index (χ0v) is 73.2. The molecule has 116 heavy (non-hydrogen) atoms. The Morgan fingerprint density at radius 1 is 0.319 bits per heavy atom. The van der Waals surface area contributed by atoms with Crippen LogP contribution in [-0.4, -0.2) is 193 Å². The van der Waals surface area contributed by atoms with Gasteiger partial charge in [0.05, 0.1) is 38.6 Å². The minimum Gasteiger partial charge on any atom is -0.394 e. The van der Waals surface area contributed by atoms with Gasteiger partial charge < -0.3 is 89.9 Å². The molecule has 3 fully saturated rings. The average molecular weight is 1640 g/mol. The SMILES string of the molecule is CC/C=C\C/C=C\C/C=C\C/C=C\CCCCCCCCCCCCCCCCCCCCCCCCCCCCC(=O)NC(COC1OC(CO)C(OC2OC(CO)C(OC3OC(CO)C(O)C(O)C3O)C(O)C2O)C(O)C1O)C(O)/C=C/CC/C=C/CC/C=C/CCCCCCCCCCCCCCCCCCCCCCCC. The van der Waals surface area contributed by atoms with E-state index in [9.17, 15) is 61.0 Å². The molecule has 0 aromatic rings. The minimum absolute atomic E-state index is 0.233. The fraction of sp³-hybridized carbons (Fsp3) is 0.845. The Balaban J connectivity index is 1.31. The summed E-state index contributed by atoms with van der Waals surface area (Å²) in [6, 6.07) is -1.00. The summed E-state index contributed by atoms with van der Waals surface area (Å²) in [6.07, 6.45) is 77.6. The van der Waals surface area contributed by atoms with Crippen molar-refractivity contribution in [3.8, 4) is 0 Å². The molecule has 0 radical (unpaired) electrons. The highest BCUT2D eigenvalue weighted by atomic mass is 16.8. The van der Waals surface area contributed by atoms with Crippen LogP contribution in [0.4, 0.5) is 0 Å². The van der Waals surface area contributed by atoms with Crippen LogP contribution < -0.4 is 5.32 Å². The Morgan fingerprint density at radius 3 is 0.966 bits per heavy atom. The summed E-state index contributed by atoms with van der Waals surface area (Å²) in [5, 5.41) is 121. The Kier molecular flexibility index (Phi) is 69.9. The number of aliphatic hydroxyl groups excluding tert-OH is 11. The first kappa shape index (κ1) is 107. The second-order valence-electron chi connectivity index (χ2n) is 33.8. The highest BCUT2D eigenvalue weighted by Gasteiger charge is 2.54. The number of rotatable bonds is 78. The van der Waals surface area contributed by atoms with Gasteiger partial charge in [-0.25, -0.2) is 0 Å². The van der Waals surface area contributed by atoms with E-state index in [0.29, 0.717) is 12.8 Å². The maximum absolute atomic E-state index is 13.5. The van der Waals surface area contributed by atoms with E-state index in [4.69, 9.17) is 28.4 Å². The van der Waals surface area contributed by atoms with Crippen molar-refractivity contribution in [1.29, 1.82) is 0 Å². The topological polar surface area (TPSA) is 307 Å². The van der Waals surface area contributed by atoms with E-state index in [2.05, 4.69) is 92.1 Å². The van der Waals surface area contributed by atoms with Crippen LogP contribution in [0, 0.1) is 0 Å². The molecule has 19 nitrogen and oxygen atoms in total. The molecule has 17 unspecified atom stereocenters. The number of ether oxygens (including phenoxy) is 6. The highest BCUT2D eigenvalue weighted by molar-refractivity contribution is 5.76. The van der Waals surface area contributed by atoms with E-state index in [1.807, 2.05) is 6.08 Å². The predicted molar refractivity (Wildman–Crippen MR) is 471 cm³/mol. The number of aliphatic hydroxyl groups is 11. The molecule has 0 aromatic carbocycles. The van der Waals surface area contributed by atoms with Crippen LogP contribution >= 0.6 is 0 Å². The molecule has 3 heterocycles. The first-order chi connectivity index (χ1) is 56.8. The third-order valence-corrected chi connectivity index (χ3v) is 23.4. The maximum atomic E-state index is 13.5.